The molecule has 3 fully saturated rings. The molecule has 0 radical (unpaired) electrons. The smallest absolute Gasteiger partial charge is 0.307 e. The summed E-state index contributed by atoms with van der Waals surface area (Å²) in [4.78, 5) is 25.1. The average Bonchev–Trinajstić information content (AvgIpc) is 3.25. The number of carbonyl (C=O) groups is 2. The maximum Gasteiger partial charge on any atom is 0.307 e. The van der Waals surface area contributed by atoms with Gasteiger partial charge in [-0.2, -0.15) is 0 Å². The van der Waals surface area contributed by atoms with Crippen LogP contribution in [0.25, 0.3) is 0 Å². The van der Waals surface area contributed by atoms with Crippen LogP contribution in [0.2, 0.25) is 0 Å². The minimum absolute atomic E-state index is 0.0580. The highest BCUT2D eigenvalue weighted by atomic mass is 16.7. The zero-order valence-electron chi connectivity index (χ0n) is 18.7. The van der Waals surface area contributed by atoms with Crippen molar-refractivity contribution in [3.63, 3.8) is 0 Å². The number of ketones is 1. The minimum Gasteiger partial charge on any atom is -0.431 e. The van der Waals surface area contributed by atoms with E-state index in [0.29, 0.717) is 43.7 Å². The van der Waals surface area contributed by atoms with Crippen molar-refractivity contribution in [3.8, 4) is 0 Å². The topological polar surface area (TPSA) is 61.8 Å². The molecule has 0 N–H and O–H groups in total. The number of Topliss-reactive ketones (excluding diaryl/α,β-unsaturated/α-hetero) is 1. The Morgan fingerprint density at radius 1 is 1.17 bits per heavy atom. The van der Waals surface area contributed by atoms with Gasteiger partial charge in [-0.15, -0.1) is 0 Å². The molecule has 4 aliphatic carbocycles. The van der Waals surface area contributed by atoms with E-state index in [-0.39, 0.29) is 28.6 Å². The summed E-state index contributed by atoms with van der Waals surface area (Å²) in [6, 6.07) is 0. The van der Waals surface area contributed by atoms with E-state index < -0.39 is 5.79 Å². The van der Waals surface area contributed by atoms with E-state index in [0.717, 1.165) is 31.4 Å². The van der Waals surface area contributed by atoms with Gasteiger partial charge in [0.15, 0.2) is 5.79 Å². The van der Waals surface area contributed by atoms with Crippen LogP contribution in [-0.4, -0.2) is 30.8 Å². The molecule has 164 valence electrons. The first kappa shape index (κ1) is 20.4. The first-order valence-corrected chi connectivity index (χ1v) is 11.6. The molecule has 5 heteroatoms. The fourth-order valence-electron chi connectivity index (χ4n) is 7.99. The number of allylic oxidation sites excluding steroid dienone is 4. The molecule has 5 aliphatic rings. The van der Waals surface area contributed by atoms with Gasteiger partial charge in [0, 0.05) is 37.0 Å². The first-order chi connectivity index (χ1) is 14.2. The summed E-state index contributed by atoms with van der Waals surface area (Å²) < 4.78 is 17.5. The van der Waals surface area contributed by atoms with Crippen LogP contribution >= 0.6 is 0 Å². The van der Waals surface area contributed by atoms with E-state index in [2.05, 4.69) is 26.8 Å². The van der Waals surface area contributed by atoms with Crippen LogP contribution in [0.1, 0.15) is 66.2 Å². The van der Waals surface area contributed by atoms with E-state index in [9.17, 15) is 9.59 Å². The van der Waals surface area contributed by atoms with Gasteiger partial charge in [0.2, 0.25) is 0 Å². The van der Waals surface area contributed by atoms with Crippen molar-refractivity contribution < 1.29 is 23.8 Å². The molecule has 1 heterocycles. The van der Waals surface area contributed by atoms with Crippen molar-refractivity contribution in [2.24, 2.45) is 34.5 Å². The van der Waals surface area contributed by atoms with Crippen molar-refractivity contribution in [1.82, 2.24) is 0 Å². The average molecular weight is 415 g/mol. The number of rotatable bonds is 2. The highest BCUT2D eigenvalue weighted by Gasteiger charge is 2.65. The molecule has 2 saturated carbocycles. The Bertz CT molecular complexity index is 834. The van der Waals surface area contributed by atoms with E-state index in [1.807, 2.05) is 6.08 Å². The van der Waals surface area contributed by atoms with Crippen LogP contribution in [0.3, 0.4) is 0 Å². The van der Waals surface area contributed by atoms with Gasteiger partial charge in [0.25, 0.3) is 0 Å². The Morgan fingerprint density at radius 2 is 1.90 bits per heavy atom. The lowest BCUT2D eigenvalue weighted by atomic mass is 9.47. The van der Waals surface area contributed by atoms with Crippen LogP contribution < -0.4 is 0 Å². The van der Waals surface area contributed by atoms with Gasteiger partial charge in [0.1, 0.15) is 11.5 Å². The second-order valence-corrected chi connectivity index (χ2v) is 10.8. The van der Waals surface area contributed by atoms with Crippen LogP contribution in [0, 0.1) is 34.5 Å². The lowest BCUT2D eigenvalue weighted by Gasteiger charge is -2.56. The molecule has 30 heavy (non-hydrogen) atoms. The molecular formula is C25H34O5. The monoisotopic (exact) mass is 414 g/mol. The standard InChI is InChI=1S/C25H34O5/c1-15(26)30-17-9-10-23(2)16(13-17)5-6-18-19-7-8-21(25(4)28-11-12-29-25)24(19,3)14-20(27)22(18)23/h5,13,18-19,21-22H,6-12,14H2,1-4H3/t18-,19-,21?,22+,23-,24-/m0/s1. The van der Waals surface area contributed by atoms with E-state index in [4.69, 9.17) is 14.2 Å². The molecular weight excluding hydrogens is 380 g/mol. The molecule has 5 rings (SSSR count). The highest BCUT2D eigenvalue weighted by Crippen LogP contribution is 2.66. The summed E-state index contributed by atoms with van der Waals surface area (Å²) in [6.45, 7) is 9.40. The normalized spacial score (nSPS) is 44.5. The molecule has 0 amide bonds. The minimum atomic E-state index is -0.553. The summed E-state index contributed by atoms with van der Waals surface area (Å²) in [7, 11) is 0. The van der Waals surface area contributed by atoms with Gasteiger partial charge < -0.3 is 14.2 Å². The molecule has 0 bridgehead atoms. The third kappa shape index (κ3) is 2.81. The Balaban J connectivity index is 1.48. The molecule has 0 aromatic carbocycles. The van der Waals surface area contributed by atoms with Gasteiger partial charge in [-0.05, 0) is 61.5 Å². The van der Waals surface area contributed by atoms with Crippen molar-refractivity contribution >= 4 is 11.8 Å². The summed E-state index contributed by atoms with van der Waals surface area (Å²) >= 11 is 0. The molecule has 6 atom stereocenters. The van der Waals surface area contributed by atoms with E-state index in [1.54, 1.807) is 0 Å². The van der Waals surface area contributed by atoms with E-state index in [1.165, 1.54) is 12.5 Å². The molecule has 0 spiro atoms. The quantitative estimate of drug-likeness (QED) is 0.620. The molecule has 1 unspecified atom stereocenters. The van der Waals surface area contributed by atoms with Gasteiger partial charge in [-0.3, -0.25) is 9.59 Å². The van der Waals surface area contributed by atoms with Crippen LogP contribution in [0.4, 0.5) is 0 Å². The second-order valence-electron chi connectivity index (χ2n) is 10.8. The maximum absolute atomic E-state index is 13.7. The van der Waals surface area contributed by atoms with Gasteiger partial charge in [-0.1, -0.05) is 19.9 Å². The summed E-state index contributed by atoms with van der Waals surface area (Å²) in [5, 5.41) is 0. The Hall–Kier alpha value is -1.46. The van der Waals surface area contributed by atoms with Gasteiger partial charge in [-0.25, -0.2) is 0 Å². The highest BCUT2D eigenvalue weighted by molar-refractivity contribution is 5.85. The Morgan fingerprint density at radius 3 is 2.60 bits per heavy atom. The Labute approximate surface area is 179 Å². The zero-order chi connectivity index (χ0) is 21.3. The fraction of sp³-hybridized carbons (Fsp3) is 0.760. The molecule has 1 aliphatic heterocycles. The number of fused-ring (bicyclic) bond motifs is 5. The van der Waals surface area contributed by atoms with Gasteiger partial charge in [0.05, 0.1) is 13.2 Å². The fourth-order valence-corrected chi connectivity index (χ4v) is 7.99. The predicted octanol–water partition coefficient (Wildman–Crippen LogP) is 4.56. The second kappa shape index (κ2) is 6.77. The van der Waals surface area contributed by atoms with Crippen molar-refractivity contribution in [3.05, 3.63) is 23.5 Å². The number of hydrogen-bond acceptors (Lipinski definition) is 5. The van der Waals surface area contributed by atoms with Gasteiger partial charge >= 0.3 is 5.97 Å². The molecule has 1 saturated heterocycles. The van der Waals surface area contributed by atoms with Crippen molar-refractivity contribution in [2.75, 3.05) is 13.2 Å². The summed E-state index contributed by atoms with van der Waals surface area (Å²) in [5.74, 6) is 1.54. The third-order valence-corrected chi connectivity index (χ3v) is 9.19. The summed E-state index contributed by atoms with van der Waals surface area (Å²) in [6.07, 6.45) is 9.69. The van der Waals surface area contributed by atoms with Crippen LogP contribution in [0.5, 0.6) is 0 Å². The Kier molecular flexibility index (Phi) is 4.61. The van der Waals surface area contributed by atoms with E-state index >= 15 is 0 Å². The number of hydrogen-bond donors (Lipinski definition) is 0. The lowest BCUT2D eigenvalue weighted by Crippen LogP contribution is -2.56. The largest absolute Gasteiger partial charge is 0.431 e. The molecule has 5 nitrogen and oxygen atoms in total. The van der Waals surface area contributed by atoms with Crippen LogP contribution in [0.15, 0.2) is 23.5 Å². The molecule has 0 aromatic heterocycles. The molecule has 0 aromatic rings. The SMILES string of the molecule is CC(=O)OC1=CC2=CC[C@@H]3[C@H](C(=O)C[C@]4(C)C(C5(C)OCCO5)CC[C@@H]34)[C@@]2(C)CC1. The van der Waals surface area contributed by atoms with Crippen molar-refractivity contribution in [2.45, 2.75) is 72.0 Å². The zero-order valence-corrected chi connectivity index (χ0v) is 18.7. The summed E-state index contributed by atoms with van der Waals surface area (Å²) in [5.41, 5.74) is 0.965. The third-order valence-electron chi connectivity index (χ3n) is 9.19. The predicted molar refractivity (Wildman–Crippen MR) is 111 cm³/mol. The van der Waals surface area contributed by atoms with Crippen molar-refractivity contribution in [1.29, 1.82) is 0 Å². The number of ether oxygens (including phenoxy) is 3. The lowest BCUT2D eigenvalue weighted by molar-refractivity contribution is -0.212. The van der Waals surface area contributed by atoms with Crippen LogP contribution in [-0.2, 0) is 23.8 Å². The maximum atomic E-state index is 13.7. The number of esters is 1. The first-order valence-electron chi connectivity index (χ1n) is 11.6. The number of carbonyl (C=O) groups excluding carboxylic acids is 2.